The van der Waals surface area contributed by atoms with Gasteiger partial charge in [-0.2, -0.15) is 17.0 Å². The second-order valence-corrected chi connectivity index (χ2v) is 6.34. The third-order valence-electron chi connectivity index (χ3n) is 3.16. The number of thioether (sulfide) groups is 1. The normalized spacial score (nSPS) is 22.8. The number of nitrogens with one attached hydrogen (secondary N) is 1. The van der Waals surface area contributed by atoms with Crippen LogP contribution < -0.4 is 5.32 Å². The number of halogens is 2. The highest BCUT2D eigenvalue weighted by Gasteiger charge is 2.29. The van der Waals surface area contributed by atoms with Crippen LogP contribution in [0.3, 0.4) is 0 Å². The van der Waals surface area contributed by atoms with Crippen LogP contribution in [-0.2, 0) is 0 Å². The summed E-state index contributed by atoms with van der Waals surface area (Å²) in [6.45, 7) is 2.72. The van der Waals surface area contributed by atoms with Crippen molar-refractivity contribution >= 4 is 17.4 Å². The fourth-order valence-electron chi connectivity index (χ4n) is 2.03. The van der Waals surface area contributed by atoms with Gasteiger partial charge < -0.3 is 5.32 Å². The summed E-state index contributed by atoms with van der Waals surface area (Å²) in [5.74, 6) is -0.935. The lowest BCUT2D eigenvalue weighted by Gasteiger charge is -2.23. The minimum Gasteiger partial charge on any atom is -0.381 e. The minimum atomic E-state index is -1.08. The fourth-order valence-corrected chi connectivity index (χ4v) is 3.28. The molecular formula is C13H14F2N2S. The molecule has 1 fully saturated rings. The number of anilines is 1. The molecule has 1 saturated heterocycles. The van der Waals surface area contributed by atoms with Gasteiger partial charge in [0.25, 0.3) is 0 Å². The Hall–Kier alpha value is -1.28. The van der Waals surface area contributed by atoms with Crippen molar-refractivity contribution in [2.45, 2.75) is 24.5 Å². The zero-order valence-corrected chi connectivity index (χ0v) is 10.9. The second-order valence-electron chi connectivity index (χ2n) is 4.66. The van der Waals surface area contributed by atoms with Crippen LogP contribution in [0.2, 0.25) is 0 Å². The predicted molar refractivity (Wildman–Crippen MR) is 69.7 cm³/mol. The number of nitrogens with zero attached hydrogens (tertiary/aromatic N) is 1. The molecule has 18 heavy (non-hydrogen) atoms. The van der Waals surface area contributed by atoms with E-state index in [1.807, 2.05) is 11.8 Å². The maximum Gasteiger partial charge on any atom is 0.183 e. The fraction of sp³-hybridized carbons (Fsp3) is 0.462. The van der Waals surface area contributed by atoms with E-state index in [1.165, 1.54) is 12.1 Å². The molecule has 1 N–H and O–H groups in total. The largest absolute Gasteiger partial charge is 0.381 e. The second kappa shape index (κ2) is 5.15. The molecule has 1 heterocycles. The smallest absolute Gasteiger partial charge is 0.183 e. The summed E-state index contributed by atoms with van der Waals surface area (Å²) in [6.07, 6.45) is 2.23. The maximum absolute atomic E-state index is 13.7. The summed E-state index contributed by atoms with van der Waals surface area (Å²) in [5, 5.41) is 11.5. The van der Waals surface area contributed by atoms with Crippen LogP contribution in [0.15, 0.2) is 12.1 Å². The van der Waals surface area contributed by atoms with E-state index in [9.17, 15) is 8.78 Å². The Balaban J connectivity index is 2.11. The monoisotopic (exact) mass is 268 g/mol. The Labute approximate surface area is 109 Å². The van der Waals surface area contributed by atoms with E-state index >= 15 is 0 Å². The molecule has 1 aliphatic rings. The zero-order valence-electron chi connectivity index (χ0n) is 10.1. The lowest BCUT2D eigenvalue weighted by atomic mass is 10.1. The van der Waals surface area contributed by atoms with Crippen molar-refractivity contribution in [3.8, 4) is 6.07 Å². The first kappa shape index (κ1) is 13.2. The quantitative estimate of drug-likeness (QED) is 0.911. The molecule has 0 radical (unpaired) electrons. The number of hydrogen-bond donors (Lipinski definition) is 1. The zero-order chi connectivity index (χ0) is 13.2. The third kappa shape index (κ3) is 2.59. The molecular weight excluding hydrogens is 254 g/mol. The van der Waals surface area contributed by atoms with Gasteiger partial charge in [0.05, 0.1) is 11.3 Å². The molecule has 0 spiro atoms. The van der Waals surface area contributed by atoms with E-state index in [1.54, 1.807) is 6.07 Å². The predicted octanol–water partition coefficient (Wildman–Crippen LogP) is 3.53. The van der Waals surface area contributed by atoms with Crippen LogP contribution in [0, 0.1) is 23.0 Å². The standard InChI is InChI=1S/C13H14F2N2S/c1-13(5-2-6-18-13)8-17-10-4-3-9(7-16)11(14)12(10)15/h3-4,17H,2,5-6,8H2,1H3. The summed E-state index contributed by atoms with van der Waals surface area (Å²) in [6, 6.07) is 4.33. The van der Waals surface area contributed by atoms with Crippen LogP contribution in [0.4, 0.5) is 14.5 Å². The molecule has 1 unspecified atom stereocenters. The summed E-state index contributed by atoms with van der Waals surface area (Å²) in [5.41, 5.74) is -0.139. The van der Waals surface area contributed by atoms with Crippen LogP contribution >= 0.6 is 11.8 Å². The van der Waals surface area contributed by atoms with E-state index in [-0.39, 0.29) is 16.0 Å². The molecule has 1 aromatic carbocycles. The molecule has 0 amide bonds. The summed E-state index contributed by atoms with van der Waals surface area (Å²) < 4.78 is 27.1. The molecule has 96 valence electrons. The van der Waals surface area contributed by atoms with Crippen molar-refractivity contribution in [3.63, 3.8) is 0 Å². The van der Waals surface area contributed by atoms with Gasteiger partial charge in [-0.1, -0.05) is 0 Å². The Kier molecular flexibility index (Phi) is 3.76. The molecule has 1 aliphatic heterocycles. The van der Waals surface area contributed by atoms with Gasteiger partial charge in [0.15, 0.2) is 11.6 Å². The Morgan fingerprint density at radius 2 is 2.22 bits per heavy atom. The highest BCUT2D eigenvalue weighted by atomic mass is 32.2. The van der Waals surface area contributed by atoms with Gasteiger partial charge in [0.1, 0.15) is 6.07 Å². The number of hydrogen-bond acceptors (Lipinski definition) is 3. The van der Waals surface area contributed by atoms with Gasteiger partial charge in [0, 0.05) is 11.3 Å². The van der Waals surface area contributed by atoms with Crippen molar-refractivity contribution < 1.29 is 8.78 Å². The van der Waals surface area contributed by atoms with Gasteiger partial charge in [-0.05, 0) is 37.7 Å². The van der Waals surface area contributed by atoms with Crippen molar-refractivity contribution in [1.29, 1.82) is 5.26 Å². The summed E-state index contributed by atoms with van der Waals surface area (Å²) >= 11 is 1.85. The van der Waals surface area contributed by atoms with Crippen molar-refractivity contribution in [1.82, 2.24) is 0 Å². The van der Waals surface area contributed by atoms with Crippen LogP contribution in [0.25, 0.3) is 0 Å². The van der Waals surface area contributed by atoms with E-state index in [0.717, 1.165) is 18.6 Å². The average Bonchev–Trinajstić information content (AvgIpc) is 2.79. The first-order valence-corrected chi connectivity index (χ1v) is 6.80. The molecule has 0 saturated carbocycles. The van der Waals surface area contributed by atoms with Crippen molar-refractivity contribution in [3.05, 3.63) is 29.3 Å². The van der Waals surface area contributed by atoms with Crippen LogP contribution in [-0.4, -0.2) is 17.0 Å². The molecule has 2 rings (SSSR count). The summed E-state index contributed by atoms with van der Waals surface area (Å²) in [7, 11) is 0. The Morgan fingerprint density at radius 1 is 1.44 bits per heavy atom. The minimum absolute atomic E-state index is 0.0802. The van der Waals surface area contributed by atoms with E-state index in [0.29, 0.717) is 6.54 Å². The maximum atomic E-state index is 13.7. The van der Waals surface area contributed by atoms with Crippen molar-refractivity contribution in [2.24, 2.45) is 0 Å². The SMILES string of the molecule is CC1(CNc2ccc(C#N)c(F)c2F)CCCS1. The first-order valence-electron chi connectivity index (χ1n) is 5.82. The lowest BCUT2D eigenvalue weighted by Crippen LogP contribution is -2.27. The van der Waals surface area contributed by atoms with Crippen LogP contribution in [0.5, 0.6) is 0 Å². The molecule has 0 aromatic heterocycles. The number of benzene rings is 1. The molecule has 5 heteroatoms. The van der Waals surface area contributed by atoms with Gasteiger partial charge in [0.2, 0.25) is 0 Å². The Morgan fingerprint density at radius 3 is 2.83 bits per heavy atom. The average molecular weight is 268 g/mol. The van der Waals surface area contributed by atoms with Crippen LogP contribution in [0.1, 0.15) is 25.3 Å². The van der Waals surface area contributed by atoms with Gasteiger partial charge in [-0.3, -0.25) is 0 Å². The molecule has 1 aromatic rings. The first-order chi connectivity index (χ1) is 8.56. The van der Waals surface area contributed by atoms with Gasteiger partial charge in [-0.15, -0.1) is 0 Å². The topological polar surface area (TPSA) is 35.8 Å². The van der Waals surface area contributed by atoms with Gasteiger partial charge in [-0.25, -0.2) is 8.78 Å². The Bertz CT molecular complexity index is 490. The molecule has 0 aliphatic carbocycles. The van der Waals surface area contributed by atoms with E-state index in [2.05, 4.69) is 12.2 Å². The van der Waals surface area contributed by atoms with E-state index < -0.39 is 11.6 Å². The third-order valence-corrected chi connectivity index (χ3v) is 4.69. The lowest BCUT2D eigenvalue weighted by molar-refractivity contribution is 0.507. The molecule has 0 bridgehead atoms. The van der Waals surface area contributed by atoms with E-state index in [4.69, 9.17) is 5.26 Å². The molecule has 1 atom stereocenters. The highest BCUT2D eigenvalue weighted by molar-refractivity contribution is 8.00. The molecule has 2 nitrogen and oxygen atoms in total. The number of nitriles is 1. The van der Waals surface area contributed by atoms with Crippen molar-refractivity contribution in [2.75, 3.05) is 17.6 Å². The van der Waals surface area contributed by atoms with Gasteiger partial charge >= 0.3 is 0 Å². The summed E-state index contributed by atoms with van der Waals surface area (Å²) in [4.78, 5) is 0. The highest BCUT2D eigenvalue weighted by Crippen LogP contribution is 2.37. The number of rotatable bonds is 3.